The Balaban J connectivity index is 1.62. The topological polar surface area (TPSA) is 92.8 Å². The first-order valence-electron chi connectivity index (χ1n) is 10.4. The van der Waals surface area contributed by atoms with Gasteiger partial charge in [0.1, 0.15) is 0 Å². The number of hydrogen-bond acceptors (Lipinski definition) is 5. The number of hydrogen-bond donors (Lipinski definition) is 1. The number of carbonyl (C=O) groups excluding carboxylic acids is 2. The van der Waals surface area contributed by atoms with Crippen LogP contribution in [0, 0.1) is 6.92 Å². The van der Waals surface area contributed by atoms with E-state index in [-0.39, 0.29) is 16.5 Å². The van der Waals surface area contributed by atoms with E-state index in [1.54, 1.807) is 19.2 Å². The first kappa shape index (κ1) is 23.0. The summed E-state index contributed by atoms with van der Waals surface area (Å²) in [6.45, 7) is 1.47. The second kappa shape index (κ2) is 10.1. The van der Waals surface area contributed by atoms with Gasteiger partial charge in [-0.2, -0.15) is 4.31 Å². The molecule has 0 radical (unpaired) electrons. The van der Waals surface area contributed by atoms with Gasteiger partial charge in [0.05, 0.1) is 10.5 Å². The van der Waals surface area contributed by atoms with Crippen LogP contribution in [0.2, 0.25) is 0 Å². The number of benzene rings is 2. The van der Waals surface area contributed by atoms with Gasteiger partial charge in [0.25, 0.3) is 5.91 Å². The third-order valence-corrected chi connectivity index (χ3v) is 7.41. The first-order valence-corrected chi connectivity index (χ1v) is 11.8. The van der Waals surface area contributed by atoms with Crippen LogP contribution in [0.5, 0.6) is 0 Å². The molecule has 0 aliphatic heterocycles. The molecule has 0 spiro atoms. The number of esters is 1. The third kappa shape index (κ3) is 5.92. The van der Waals surface area contributed by atoms with E-state index in [1.807, 2.05) is 19.1 Å². The molecule has 1 N–H and O–H groups in total. The number of sulfonamides is 1. The zero-order valence-corrected chi connectivity index (χ0v) is 18.7. The van der Waals surface area contributed by atoms with Crippen molar-refractivity contribution in [2.24, 2.45) is 0 Å². The Hall–Kier alpha value is -2.71. The van der Waals surface area contributed by atoms with Gasteiger partial charge in [-0.05, 0) is 50.1 Å². The summed E-state index contributed by atoms with van der Waals surface area (Å²) < 4.78 is 32.5. The highest BCUT2D eigenvalue weighted by atomic mass is 32.2. The summed E-state index contributed by atoms with van der Waals surface area (Å²) in [7, 11) is -2.13. The highest BCUT2D eigenvalue weighted by Gasteiger charge is 2.29. The summed E-state index contributed by atoms with van der Waals surface area (Å²) in [5, 5.41) is 2.64. The van der Waals surface area contributed by atoms with Crippen molar-refractivity contribution in [1.29, 1.82) is 0 Å². The lowest BCUT2D eigenvalue weighted by atomic mass is 9.96. The molecule has 7 nitrogen and oxygen atoms in total. The summed E-state index contributed by atoms with van der Waals surface area (Å²) in [4.78, 5) is 24.5. The molecule has 1 amide bonds. The molecule has 0 heterocycles. The highest BCUT2D eigenvalue weighted by molar-refractivity contribution is 7.89. The van der Waals surface area contributed by atoms with Crippen molar-refractivity contribution in [2.75, 3.05) is 19.0 Å². The number of anilines is 1. The number of nitrogens with zero attached hydrogens (tertiary/aromatic N) is 1. The fourth-order valence-corrected chi connectivity index (χ4v) is 5.10. The Morgan fingerprint density at radius 1 is 1.06 bits per heavy atom. The van der Waals surface area contributed by atoms with Crippen molar-refractivity contribution >= 4 is 27.6 Å². The van der Waals surface area contributed by atoms with Crippen molar-refractivity contribution in [1.82, 2.24) is 4.31 Å². The Bertz CT molecular complexity index is 1030. The summed E-state index contributed by atoms with van der Waals surface area (Å²) in [5.41, 5.74) is 1.75. The molecule has 1 fully saturated rings. The average Bonchev–Trinajstić information content (AvgIpc) is 2.79. The number of aryl methyl sites for hydroxylation is 1. The van der Waals surface area contributed by atoms with Gasteiger partial charge >= 0.3 is 5.97 Å². The highest BCUT2D eigenvalue weighted by Crippen LogP contribution is 2.26. The zero-order valence-electron chi connectivity index (χ0n) is 17.8. The zero-order chi connectivity index (χ0) is 22.4. The maximum absolute atomic E-state index is 13.0. The summed E-state index contributed by atoms with van der Waals surface area (Å²) >= 11 is 0. The summed E-state index contributed by atoms with van der Waals surface area (Å²) in [5.74, 6) is -1.23. The van der Waals surface area contributed by atoms with Gasteiger partial charge in [0, 0.05) is 18.8 Å². The second-order valence-corrected chi connectivity index (χ2v) is 9.83. The molecular formula is C23H28N2O5S. The summed E-state index contributed by atoms with van der Waals surface area (Å²) in [6, 6.07) is 12.9. The van der Waals surface area contributed by atoms with Crippen LogP contribution < -0.4 is 5.32 Å². The van der Waals surface area contributed by atoms with E-state index >= 15 is 0 Å². The Morgan fingerprint density at radius 3 is 2.42 bits per heavy atom. The van der Waals surface area contributed by atoms with E-state index in [0.29, 0.717) is 5.69 Å². The molecule has 0 atom stereocenters. The lowest BCUT2D eigenvalue weighted by molar-refractivity contribution is -0.119. The normalized spacial score (nSPS) is 14.9. The molecule has 31 heavy (non-hydrogen) atoms. The molecule has 1 saturated carbocycles. The molecule has 166 valence electrons. The van der Waals surface area contributed by atoms with Crippen LogP contribution in [-0.2, 0) is 19.6 Å². The van der Waals surface area contributed by atoms with Crippen LogP contribution in [0.4, 0.5) is 5.69 Å². The minimum absolute atomic E-state index is 0.0279. The molecule has 2 aromatic carbocycles. The van der Waals surface area contributed by atoms with E-state index < -0.39 is 28.5 Å². The Morgan fingerprint density at radius 2 is 1.74 bits per heavy atom. The van der Waals surface area contributed by atoms with Crippen LogP contribution in [0.25, 0.3) is 0 Å². The second-order valence-electron chi connectivity index (χ2n) is 7.83. The van der Waals surface area contributed by atoms with Gasteiger partial charge in [0.15, 0.2) is 6.61 Å². The lowest BCUT2D eigenvalue weighted by Gasteiger charge is -2.30. The quantitative estimate of drug-likeness (QED) is 0.657. The van der Waals surface area contributed by atoms with E-state index in [1.165, 1.54) is 28.6 Å². The molecule has 1 aliphatic carbocycles. The molecule has 0 bridgehead atoms. The van der Waals surface area contributed by atoms with Crippen LogP contribution >= 0.6 is 0 Å². The fourth-order valence-electron chi connectivity index (χ4n) is 3.64. The van der Waals surface area contributed by atoms with Crippen LogP contribution in [0.15, 0.2) is 53.4 Å². The molecule has 3 rings (SSSR count). The van der Waals surface area contributed by atoms with Crippen molar-refractivity contribution < 1.29 is 22.7 Å². The molecular weight excluding hydrogens is 416 g/mol. The average molecular weight is 445 g/mol. The van der Waals surface area contributed by atoms with E-state index in [9.17, 15) is 18.0 Å². The van der Waals surface area contributed by atoms with Crippen molar-refractivity contribution in [3.05, 3.63) is 59.7 Å². The van der Waals surface area contributed by atoms with Gasteiger partial charge < -0.3 is 10.1 Å². The lowest BCUT2D eigenvalue weighted by Crippen LogP contribution is -2.38. The van der Waals surface area contributed by atoms with E-state index in [4.69, 9.17) is 4.74 Å². The van der Waals surface area contributed by atoms with Gasteiger partial charge in [0.2, 0.25) is 10.0 Å². The van der Waals surface area contributed by atoms with Crippen molar-refractivity contribution in [3.63, 3.8) is 0 Å². The maximum atomic E-state index is 13.0. The smallest absolute Gasteiger partial charge is 0.338 e. The van der Waals surface area contributed by atoms with Crippen LogP contribution in [-0.4, -0.2) is 44.3 Å². The van der Waals surface area contributed by atoms with E-state index in [0.717, 1.165) is 37.7 Å². The number of ether oxygens (including phenoxy) is 1. The third-order valence-electron chi connectivity index (χ3n) is 5.51. The van der Waals surface area contributed by atoms with Gasteiger partial charge in [-0.25, -0.2) is 13.2 Å². The first-order chi connectivity index (χ1) is 14.8. The Labute approximate surface area is 183 Å². The minimum Gasteiger partial charge on any atom is -0.452 e. The molecule has 0 aromatic heterocycles. The monoisotopic (exact) mass is 444 g/mol. The van der Waals surface area contributed by atoms with Crippen LogP contribution in [0.1, 0.15) is 48.0 Å². The van der Waals surface area contributed by atoms with Crippen LogP contribution in [0.3, 0.4) is 0 Å². The molecule has 2 aromatic rings. The number of amides is 1. The SMILES string of the molecule is Cc1ccc(NC(=O)COC(=O)c2cccc(S(=O)(=O)N(C)C3CCCCC3)c2)cc1. The number of rotatable bonds is 7. The fraction of sp³-hybridized carbons (Fsp3) is 0.391. The van der Waals surface area contributed by atoms with Gasteiger partial charge in [-0.3, -0.25) is 4.79 Å². The van der Waals surface area contributed by atoms with Crippen molar-refractivity contribution in [2.45, 2.75) is 50.0 Å². The maximum Gasteiger partial charge on any atom is 0.338 e. The van der Waals surface area contributed by atoms with E-state index in [2.05, 4.69) is 5.32 Å². The van der Waals surface area contributed by atoms with Crippen molar-refractivity contribution in [3.8, 4) is 0 Å². The van der Waals surface area contributed by atoms with Gasteiger partial charge in [-0.15, -0.1) is 0 Å². The standard InChI is InChI=1S/C23H28N2O5S/c1-17-11-13-19(14-12-17)24-22(26)16-30-23(27)18-7-6-10-21(15-18)31(28,29)25(2)20-8-4-3-5-9-20/h6-7,10-15,20H,3-5,8-9,16H2,1-2H3,(H,24,26). The number of carbonyl (C=O) groups is 2. The molecule has 8 heteroatoms. The predicted molar refractivity (Wildman–Crippen MR) is 118 cm³/mol. The molecule has 1 aliphatic rings. The number of nitrogens with one attached hydrogen (secondary N) is 1. The summed E-state index contributed by atoms with van der Waals surface area (Å²) in [6.07, 6.45) is 4.84. The largest absolute Gasteiger partial charge is 0.452 e. The Kier molecular flexibility index (Phi) is 7.46. The predicted octanol–water partition coefficient (Wildman–Crippen LogP) is 3.74. The molecule has 0 saturated heterocycles. The minimum atomic E-state index is -3.72. The van der Waals surface area contributed by atoms with Gasteiger partial charge in [-0.1, -0.05) is 43.0 Å². The molecule has 0 unspecified atom stereocenters.